The highest BCUT2D eigenvalue weighted by Gasteiger charge is 2.73. The fourth-order valence-electron chi connectivity index (χ4n) is 2.81. The second kappa shape index (κ2) is 7.71. The number of aliphatic hydroxyl groups is 2. The Bertz CT molecular complexity index is 758. The molecule has 0 heterocycles. The van der Waals surface area contributed by atoms with Crippen molar-refractivity contribution >= 4 is 0 Å². The van der Waals surface area contributed by atoms with Gasteiger partial charge in [0, 0.05) is 11.1 Å². The smallest absolute Gasteiger partial charge is 0.369 e. The molecule has 1 aromatic rings. The minimum atomic E-state index is -6.43. The molecule has 0 aliphatic rings. The zero-order valence-electron chi connectivity index (χ0n) is 15.8. The predicted octanol–water partition coefficient (Wildman–Crippen LogP) is 6.07. The molecule has 1 atom stereocenters. The summed E-state index contributed by atoms with van der Waals surface area (Å²) in [7, 11) is 0. The maximum atomic E-state index is 13.3. The van der Waals surface area contributed by atoms with E-state index in [4.69, 9.17) is 0 Å². The van der Waals surface area contributed by atoms with E-state index in [2.05, 4.69) is 0 Å². The van der Waals surface area contributed by atoms with Gasteiger partial charge in [0.25, 0.3) is 11.2 Å². The van der Waals surface area contributed by atoms with Gasteiger partial charge in [-0.15, -0.1) is 0 Å². The van der Waals surface area contributed by atoms with Gasteiger partial charge in [0.2, 0.25) is 0 Å². The van der Waals surface area contributed by atoms with Crippen LogP contribution >= 0.6 is 0 Å². The summed E-state index contributed by atoms with van der Waals surface area (Å²) < 4.78 is 158. The molecule has 1 rings (SSSR count). The lowest BCUT2D eigenvalue weighted by atomic mass is 9.77. The fraction of sp³-hybridized carbons (Fsp3) is 0.647. The summed E-state index contributed by atoms with van der Waals surface area (Å²) in [4.78, 5) is 0. The van der Waals surface area contributed by atoms with Crippen LogP contribution in [0.1, 0.15) is 43.4 Å². The first-order valence-electron chi connectivity index (χ1n) is 8.31. The Kier molecular flexibility index (Phi) is 6.80. The van der Waals surface area contributed by atoms with Gasteiger partial charge in [-0.2, -0.15) is 52.7 Å². The third-order valence-electron chi connectivity index (χ3n) is 4.99. The van der Waals surface area contributed by atoms with E-state index in [1.807, 2.05) is 0 Å². The van der Waals surface area contributed by atoms with E-state index < -0.39 is 64.4 Å². The van der Waals surface area contributed by atoms with Crippen molar-refractivity contribution in [2.75, 3.05) is 0 Å². The van der Waals surface area contributed by atoms with Crippen LogP contribution in [0, 0.1) is 5.92 Å². The molecule has 2 nitrogen and oxygen atoms in total. The maximum Gasteiger partial charge on any atom is 0.430 e. The zero-order chi connectivity index (χ0) is 25.0. The van der Waals surface area contributed by atoms with Crippen LogP contribution in [0.5, 0.6) is 0 Å². The number of halogens is 12. The number of benzene rings is 1. The number of hydrogen-bond acceptors (Lipinski definition) is 2. The molecule has 0 amide bonds. The molecular weight excluding hydrogens is 464 g/mol. The van der Waals surface area contributed by atoms with Gasteiger partial charge in [0.05, 0.1) is 0 Å². The molecule has 1 unspecified atom stereocenters. The normalized spacial score (nSPS) is 16.1. The number of alkyl halides is 12. The minimum absolute atomic E-state index is 0.247. The summed E-state index contributed by atoms with van der Waals surface area (Å²) in [5, 5.41) is 19.1. The molecule has 0 radical (unpaired) electrons. The molecular formula is C17H16F12O2. The lowest BCUT2D eigenvalue weighted by Crippen LogP contribution is -2.55. The molecule has 0 saturated carbocycles. The van der Waals surface area contributed by atoms with Crippen molar-refractivity contribution < 1.29 is 62.9 Å². The molecule has 0 aliphatic carbocycles. The van der Waals surface area contributed by atoms with Crippen LogP contribution in [-0.2, 0) is 11.2 Å². The molecule has 0 aliphatic heterocycles. The third kappa shape index (κ3) is 4.32. The molecule has 0 saturated heterocycles. The van der Waals surface area contributed by atoms with E-state index in [9.17, 15) is 62.9 Å². The van der Waals surface area contributed by atoms with Crippen molar-refractivity contribution in [3.63, 3.8) is 0 Å². The minimum Gasteiger partial charge on any atom is -0.369 e. The van der Waals surface area contributed by atoms with Gasteiger partial charge in [0.15, 0.2) is 0 Å². The van der Waals surface area contributed by atoms with Crippen LogP contribution in [0.4, 0.5) is 52.7 Å². The molecule has 180 valence electrons. The van der Waals surface area contributed by atoms with Crippen molar-refractivity contribution in [3.05, 3.63) is 34.9 Å². The van der Waals surface area contributed by atoms with Crippen LogP contribution < -0.4 is 0 Å². The Hall–Kier alpha value is -1.70. The number of hydrogen-bond donors (Lipinski definition) is 2. The SMILES string of the molecule is CC(C)C(C)c1cc(C(O)(C(F)(F)F)C(F)(F)F)ccc1C(O)(C(F)(F)F)C(F)(F)F. The van der Waals surface area contributed by atoms with Gasteiger partial charge in [-0.05, 0) is 17.4 Å². The molecule has 0 fully saturated rings. The molecule has 1 aromatic carbocycles. The Balaban J connectivity index is 4.10. The third-order valence-corrected chi connectivity index (χ3v) is 4.99. The Morgan fingerprint density at radius 1 is 0.613 bits per heavy atom. The van der Waals surface area contributed by atoms with Crippen molar-refractivity contribution in [2.45, 2.75) is 62.6 Å². The molecule has 2 N–H and O–H groups in total. The average Bonchev–Trinajstić information content (AvgIpc) is 2.54. The van der Waals surface area contributed by atoms with Gasteiger partial charge in [-0.25, -0.2) is 0 Å². The Morgan fingerprint density at radius 2 is 0.968 bits per heavy atom. The van der Waals surface area contributed by atoms with Gasteiger partial charge >= 0.3 is 24.7 Å². The summed E-state index contributed by atoms with van der Waals surface area (Å²) in [6.45, 7) is 3.39. The fourth-order valence-corrected chi connectivity index (χ4v) is 2.81. The lowest BCUT2D eigenvalue weighted by molar-refractivity contribution is -0.378. The summed E-state index contributed by atoms with van der Waals surface area (Å²) >= 11 is 0. The van der Waals surface area contributed by atoms with E-state index in [1.165, 1.54) is 13.8 Å². The summed E-state index contributed by atoms with van der Waals surface area (Å²) in [5.74, 6) is -2.37. The second-order valence-electron chi connectivity index (χ2n) is 7.25. The molecule has 14 heteroatoms. The molecule has 0 bridgehead atoms. The van der Waals surface area contributed by atoms with Crippen molar-refractivity contribution in [1.29, 1.82) is 0 Å². The average molecular weight is 480 g/mol. The first-order valence-corrected chi connectivity index (χ1v) is 8.31. The monoisotopic (exact) mass is 480 g/mol. The van der Waals surface area contributed by atoms with Gasteiger partial charge in [-0.1, -0.05) is 39.0 Å². The van der Waals surface area contributed by atoms with Crippen LogP contribution in [0.3, 0.4) is 0 Å². The van der Waals surface area contributed by atoms with Gasteiger partial charge in [-0.3, -0.25) is 0 Å². The summed E-state index contributed by atoms with van der Waals surface area (Å²) in [5.41, 5.74) is -16.5. The highest BCUT2D eigenvalue weighted by atomic mass is 19.4. The highest BCUT2D eigenvalue weighted by Crippen LogP contribution is 2.54. The quantitative estimate of drug-likeness (QED) is 0.514. The summed E-state index contributed by atoms with van der Waals surface area (Å²) in [6.07, 6.45) is -25.7. The largest absolute Gasteiger partial charge is 0.430 e. The van der Waals surface area contributed by atoms with Crippen LogP contribution in [-0.4, -0.2) is 34.9 Å². The second-order valence-corrected chi connectivity index (χ2v) is 7.25. The first kappa shape index (κ1) is 27.3. The predicted molar refractivity (Wildman–Crippen MR) is 81.7 cm³/mol. The molecule has 0 aromatic heterocycles. The van der Waals surface area contributed by atoms with Crippen LogP contribution in [0.25, 0.3) is 0 Å². The van der Waals surface area contributed by atoms with Crippen LogP contribution in [0.2, 0.25) is 0 Å². The van der Waals surface area contributed by atoms with Crippen molar-refractivity contribution in [3.8, 4) is 0 Å². The van der Waals surface area contributed by atoms with E-state index in [0.29, 0.717) is 0 Å². The molecule has 31 heavy (non-hydrogen) atoms. The van der Waals surface area contributed by atoms with E-state index >= 15 is 0 Å². The number of rotatable bonds is 4. The maximum absolute atomic E-state index is 13.3. The highest BCUT2D eigenvalue weighted by molar-refractivity contribution is 5.43. The van der Waals surface area contributed by atoms with Crippen molar-refractivity contribution in [1.82, 2.24) is 0 Å². The Labute approximate surface area is 167 Å². The zero-order valence-corrected chi connectivity index (χ0v) is 15.8. The standard InChI is InChI=1S/C17H16F12O2/c1-7(2)8(3)10-6-9(12(30,14(18,19)20)15(21,22)23)4-5-11(10)13(31,16(24,25)26)17(27,28)29/h4-8,30-31H,1-3H3. The van der Waals surface area contributed by atoms with Gasteiger partial charge in [0.1, 0.15) is 0 Å². The first-order chi connectivity index (χ1) is 13.4. The summed E-state index contributed by atoms with van der Waals surface area (Å²) in [6, 6.07) is -0.967. The van der Waals surface area contributed by atoms with Crippen LogP contribution in [0.15, 0.2) is 18.2 Å². The van der Waals surface area contributed by atoms with Gasteiger partial charge < -0.3 is 10.2 Å². The van der Waals surface area contributed by atoms with Crippen molar-refractivity contribution in [2.24, 2.45) is 5.92 Å². The lowest BCUT2D eigenvalue weighted by Gasteiger charge is -2.37. The topological polar surface area (TPSA) is 40.5 Å². The van der Waals surface area contributed by atoms with E-state index in [-0.39, 0.29) is 18.2 Å². The Morgan fingerprint density at radius 3 is 1.26 bits per heavy atom. The van der Waals surface area contributed by atoms with E-state index in [1.54, 1.807) is 0 Å². The molecule has 0 spiro atoms. The van der Waals surface area contributed by atoms with E-state index in [0.717, 1.165) is 6.92 Å².